The smallest absolute Gasteiger partial charge is 0.336 e. The predicted octanol–water partition coefficient (Wildman–Crippen LogP) is 3.30. The van der Waals surface area contributed by atoms with Crippen molar-refractivity contribution in [3.05, 3.63) is 44.7 Å². The van der Waals surface area contributed by atoms with E-state index in [1.165, 1.54) is 35.2 Å². The minimum absolute atomic E-state index is 0.115. The zero-order chi connectivity index (χ0) is 14.1. The summed E-state index contributed by atoms with van der Waals surface area (Å²) < 4.78 is 5.88. The van der Waals surface area contributed by atoms with Crippen LogP contribution in [-0.4, -0.2) is 15.3 Å². The van der Waals surface area contributed by atoms with Crippen LogP contribution < -0.4 is 5.63 Å². The van der Waals surface area contributed by atoms with Crippen LogP contribution >= 0.6 is 34.7 Å². The minimum Gasteiger partial charge on any atom is -0.506 e. The van der Waals surface area contributed by atoms with Crippen LogP contribution in [0.2, 0.25) is 5.02 Å². The van der Waals surface area contributed by atoms with Gasteiger partial charge in [0.15, 0.2) is 4.34 Å². The van der Waals surface area contributed by atoms with Crippen molar-refractivity contribution in [3.8, 4) is 5.75 Å². The monoisotopic (exact) mass is 326 g/mol. The first-order valence-electron chi connectivity index (χ1n) is 5.47. The molecule has 1 aromatic carbocycles. The fraction of sp³-hybridized carbons (Fsp3) is 0.0833. The van der Waals surface area contributed by atoms with Gasteiger partial charge in [0.25, 0.3) is 0 Å². The minimum atomic E-state index is -0.466. The maximum absolute atomic E-state index is 11.5. The van der Waals surface area contributed by atoms with Crippen LogP contribution in [0.25, 0.3) is 11.0 Å². The average Bonchev–Trinajstić information content (AvgIpc) is 2.91. The van der Waals surface area contributed by atoms with E-state index >= 15 is 0 Å². The lowest BCUT2D eigenvalue weighted by Gasteiger charge is -2.05. The Balaban J connectivity index is 2.04. The summed E-state index contributed by atoms with van der Waals surface area (Å²) in [5, 5.41) is 18.2. The maximum atomic E-state index is 11.5. The van der Waals surface area contributed by atoms with Gasteiger partial charge in [0.1, 0.15) is 16.8 Å². The quantitative estimate of drug-likeness (QED) is 0.588. The molecule has 0 atom stereocenters. The second-order valence-corrected chi connectivity index (χ2v) is 6.35. The van der Waals surface area contributed by atoms with Crippen molar-refractivity contribution in [3.63, 3.8) is 0 Å². The van der Waals surface area contributed by atoms with E-state index in [0.29, 0.717) is 16.7 Å². The number of phenols is 1. The number of rotatable bonds is 3. The van der Waals surface area contributed by atoms with Gasteiger partial charge in [-0.15, -0.1) is 10.2 Å². The number of fused-ring (bicyclic) bond motifs is 1. The molecule has 0 saturated heterocycles. The Bertz CT molecular complexity index is 817. The van der Waals surface area contributed by atoms with E-state index in [4.69, 9.17) is 16.0 Å². The molecule has 2 heterocycles. The molecule has 2 aromatic heterocycles. The highest BCUT2D eigenvalue weighted by molar-refractivity contribution is 8.00. The van der Waals surface area contributed by atoms with Gasteiger partial charge in [-0.1, -0.05) is 34.7 Å². The van der Waals surface area contributed by atoms with Crippen molar-refractivity contribution >= 4 is 45.7 Å². The molecule has 20 heavy (non-hydrogen) atoms. The molecule has 0 amide bonds. The van der Waals surface area contributed by atoms with Crippen LogP contribution in [-0.2, 0) is 5.75 Å². The molecule has 1 N–H and O–H groups in total. The van der Waals surface area contributed by atoms with Gasteiger partial charge >= 0.3 is 5.63 Å². The van der Waals surface area contributed by atoms with Crippen molar-refractivity contribution in [1.82, 2.24) is 10.2 Å². The van der Waals surface area contributed by atoms with Crippen molar-refractivity contribution in [2.45, 2.75) is 10.1 Å². The van der Waals surface area contributed by atoms with Crippen molar-refractivity contribution < 1.29 is 9.52 Å². The Morgan fingerprint density at radius 2 is 2.25 bits per heavy atom. The SMILES string of the molecule is O=c1cc(CSc2nncs2)c2cc(Cl)c(O)cc2o1. The van der Waals surface area contributed by atoms with Gasteiger partial charge in [0, 0.05) is 23.3 Å². The molecule has 0 aliphatic rings. The summed E-state index contributed by atoms with van der Waals surface area (Å²) in [6.07, 6.45) is 0. The highest BCUT2D eigenvalue weighted by atomic mass is 35.5. The van der Waals surface area contributed by atoms with Crippen LogP contribution in [0, 0.1) is 0 Å². The number of aromatic nitrogens is 2. The van der Waals surface area contributed by atoms with E-state index < -0.39 is 5.63 Å². The molecule has 0 bridgehead atoms. The van der Waals surface area contributed by atoms with Crippen LogP contribution in [0.15, 0.2) is 37.3 Å². The van der Waals surface area contributed by atoms with E-state index in [0.717, 1.165) is 9.90 Å². The van der Waals surface area contributed by atoms with Crippen molar-refractivity contribution in [2.24, 2.45) is 0 Å². The number of phenolic OH excluding ortho intramolecular Hbond substituents is 1. The van der Waals surface area contributed by atoms with Crippen LogP contribution in [0.1, 0.15) is 5.56 Å². The third-order valence-corrected chi connectivity index (χ3v) is 4.80. The Hall–Kier alpha value is -1.57. The van der Waals surface area contributed by atoms with Gasteiger partial charge in [0.05, 0.1) is 5.02 Å². The maximum Gasteiger partial charge on any atom is 0.336 e. The van der Waals surface area contributed by atoms with Gasteiger partial charge in [-0.05, 0) is 11.6 Å². The van der Waals surface area contributed by atoms with Gasteiger partial charge in [-0.3, -0.25) is 0 Å². The Morgan fingerprint density at radius 1 is 1.40 bits per heavy atom. The van der Waals surface area contributed by atoms with Gasteiger partial charge < -0.3 is 9.52 Å². The lowest BCUT2D eigenvalue weighted by Crippen LogP contribution is -1.99. The molecule has 102 valence electrons. The molecule has 0 unspecified atom stereocenters. The molecule has 3 aromatic rings. The zero-order valence-corrected chi connectivity index (χ0v) is 12.3. The third-order valence-electron chi connectivity index (χ3n) is 2.59. The Labute approximate surface area is 126 Å². The number of nitrogens with zero attached hydrogens (tertiary/aromatic N) is 2. The number of halogens is 1. The largest absolute Gasteiger partial charge is 0.506 e. The van der Waals surface area contributed by atoms with Gasteiger partial charge in [-0.25, -0.2) is 4.79 Å². The molecular weight excluding hydrogens is 320 g/mol. The molecule has 0 aliphatic carbocycles. The molecule has 5 nitrogen and oxygen atoms in total. The molecule has 3 rings (SSSR count). The summed E-state index contributed by atoms with van der Waals surface area (Å²) in [4.78, 5) is 11.5. The van der Waals surface area contributed by atoms with Gasteiger partial charge in [-0.2, -0.15) is 0 Å². The number of aromatic hydroxyl groups is 1. The van der Waals surface area contributed by atoms with Gasteiger partial charge in [0.2, 0.25) is 0 Å². The Morgan fingerprint density at radius 3 is 3.00 bits per heavy atom. The van der Waals surface area contributed by atoms with Crippen molar-refractivity contribution in [2.75, 3.05) is 0 Å². The fourth-order valence-corrected chi connectivity index (χ4v) is 3.36. The van der Waals surface area contributed by atoms with Crippen LogP contribution in [0.5, 0.6) is 5.75 Å². The second kappa shape index (κ2) is 5.43. The fourth-order valence-electron chi connectivity index (χ4n) is 1.72. The van der Waals surface area contributed by atoms with E-state index in [1.807, 2.05) is 0 Å². The molecule has 0 fully saturated rings. The molecule has 0 saturated carbocycles. The lowest BCUT2D eigenvalue weighted by molar-refractivity contribution is 0.473. The first-order valence-corrected chi connectivity index (χ1v) is 7.72. The first kappa shape index (κ1) is 13.4. The van der Waals surface area contributed by atoms with E-state index in [-0.39, 0.29) is 10.8 Å². The molecule has 0 radical (unpaired) electrons. The summed E-state index contributed by atoms with van der Waals surface area (Å²) >= 11 is 8.81. The number of benzene rings is 1. The zero-order valence-electron chi connectivity index (χ0n) is 9.87. The summed E-state index contributed by atoms with van der Waals surface area (Å²) in [5.41, 5.74) is 2.27. The van der Waals surface area contributed by atoms with Crippen molar-refractivity contribution in [1.29, 1.82) is 0 Å². The summed E-state index contributed by atoms with van der Waals surface area (Å²) in [6.45, 7) is 0. The number of thioether (sulfide) groups is 1. The Kier molecular flexibility index (Phi) is 3.64. The highest BCUT2D eigenvalue weighted by Gasteiger charge is 2.10. The summed E-state index contributed by atoms with van der Waals surface area (Å²) in [5.74, 6) is 0.425. The molecule has 8 heteroatoms. The predicted molar refractivity (Wildman–Crippen MR) is 78.6 cm³/mol. The summed E-state index contributed by atoms with van der Waals surface area (Å²) in [6, 6.07) is 4.35. The first-order chi connectivity index (χ1) is 9.63. The van der Waals surface area contributed by atoms with Crippen LogP contribution in [0.3, 0.4) is 0 Å². The molecular formula is C12H7ClN2O3S2. The topological polar surface area (TPSA) is 76.2 Å². The van der Waals surface area contributed by atoms with E-state index in [9.17, 15) is 9.90 Å². The van der Waals surface area contributed by atoms with Crippen LogP contribution in [0.4, 0.5) is 0 Å². The third kappa shape index (κ3) is 2.65. The lowest BCUT2D eigenvalue weighted by atomic mass is 10.1. The molecule has 0 aliphatic heterocycles. The molecule has 0 spiro atoms. The van der Waals surface area contributed by atoms with E-state index in [2.05, 4.69) is 10.2 Å². The van der Waals surface area contributed by atoms with E-state index in [1.54, 1.807) is 11.6 Å². The highest BCUT2D eigenvalue weighted by Crippen LogP contribution is 2.32. The average molecular weight is 327 g/mol. The number of hydrogen-bond donors (Lipinski definition) is 1. The number of hydrogen-bond acceptors (Lipinski definition) is 7. The normalized spacial score (nSPS) is 11.1. The standard InChI is InChI=1S/C12H7ClN2O3S2/c13-8-2-7-6(4-19-12-15-14-5-20-12)1-11(17)18-10(7)3-9(8)16/h1-3,5,16H,4H2. The summed E-state index contributed by atoms with van der Waals surface area (Å²) in [7, 11) is 0. The second-order valence-electron chi connectivity index (χ2n) is 3.88.